The minimum absolute atomic E-state index is 0.296. The van der Waals surface area contributed by atoms with E-state index in [2.05, 4.69) is 0 Å². The minimum atomic E-state index is 0.296. The molecule has 3 nitrogen and oxygen atoms in total. The second-order valence-corrected chi connectivity index (χ2v) is 2.12. The number of carbonyl (C=O) groups excluding carboxylic acids is 1. The lowest BCUT2D eigenvalue weighted by molar-refractivity contribution is 0.110. The number of hydrogen-bond acceptors (Lipinski definition) is 3. The van der Waals surface area contributed by atoms with Gasteiger partial charge in [0.15, 0.2) is 12.0 Å². The molecular formula is C9H7NO2. The number of hydrogen-bond donors (Lipinski definition) is 0. The van der Waals surface area contributed by atoms with E-state index < -0.39 is 0 Å². The van der Waals surface area contributed by atoms with E-state index in [4.69, 9.17) is 9.68 Å². The number of nitrogens with zero attached hydrogens (tertiary/aromatic N) is 1. The molecule has 0 aliphatic rings. The highest BCUT2D eigenvalue weighted by atomic mass is 16.3. The maximum atomic E-state index is 10.3. The maximum Gasteiger partial charge on any atom is 0.185 e. The summed E-state index contributed by atoms with van der Waals surface area (Å²) in [6.45, 7) is 0. The predicted octanol–water partition coefficient (Wildman–Crippen LogP) is 2.02. The first-order valence-corrected chi connectivity index (χ1v) is 3.44. The van der Waals surface area contributed by atoms with E-state index in [1.807, 2.05) is 6.07 Å². The van der Waals surface area contributed by atoms with Crippen LogP contribution in [0.15, 0.2) is 22.8 Å². The Labute approximate surface area is 69.9 Å². The molecule has 0 radical (unpaired) electrons. The van der Waals surface area contributed by atoms with E-state index in [-0.39, 0.29) is 0 Å². The Morgan fingerprint density at radius 1 is 1.67 bits per heavy atom. The number of aldehydes is 1. The van der Waals surface area contributed by atoms with Gasteiger partial charge in [-0.2, -0.15) is 5.26 Å². The number of nitriles is 1. The summed E-state index contributed by atoms with van der Waals surface area (Å²) in [5.41, 5.74) is 0.709. The van der Waals surface area contributed by atoms with Gasteiger partial charge in [0.2, 0.25) is 0 Å². The lowest BCUT2D eigenvalue weighted by Crippen LogP contribution is -1.76. The molecule has 0 atom stereocenters. The third kappa shape index (κ3) is 1.83. The Kier molecular flexibility index (Phi) is 2.86. The van der Waals surface area contributed by atoms with Crippen molar-refractivity contribution in [1.82, 2.24) is 0 Å². The lowest BCUT2D eigenvalue weighted by Gasteiger charge is -1.84. The average molecular weight is 161 g/mol. The topological polar surface area (TPSA) is 54.0 Å². The van der Waals surface area contributed by atoms with Crippen LogP contribution in [-0.4, -0.2) is 6.29 Å². The zero-order valence-corrected chi connectivity index (χ0v) is 6.36. The van der Waals surface area contributed by atoms with Crippen LogP contribution in [-0.2, 0) is 0 Å². The van der Waals surface area contributed by atoms with Crippen molar-refractivity contribution in [2.24, 2.45) is 0 Å². The lowest BCUT2D eigenvalue weighted by atomic mass is 10.2. The Balaban J connectivity index is 2.75. The summed E-state index contributed by atoms with van der Waals surface area (Å²) >= 11 is 0. The fourth-order valence-corrected chi connectivity index (χ4v) is 0.803. The van der Waals surface area contributed by atoms with Crippen LogP contribution in [0.5, 0.6) is 0 Å². The monoisotopic (exact) mass is 161 g/mol. The fourth-order valence-electron chi connectivity index (χ4n) is 0.803. The van der Waals surface area contributed by atoms with Gasteiger partial charge in [-0.25, -0.2) is 0 Å². The largest absolute Gasteiger partial charge is 0.461 e. The Bertz CT molecular complexity index is 331. The van der Waals surface area contributed by atoms with Gasteiger partial charge in [-0.3, -0.25) is 4.79 Å². The number of furan rings is 1. The van der Waals surface area contributed by atoms with Gasteiger partial charge >= 0.3 is 0 Å². The number of rotatable bonds is 3. The van der Waals surface area contributed by atoms with Crippen LogP contribution in [0.3, 0.4) is 0 Å². The van der Waals surface area contributed by atoms with Crippen molar-refractivity contribution in [2.75, 3.05) is 0 Å². The van der Waals surface area contributed by atoms with Gasteiger partial charge in [0, 0.05) is 5.56 Å². The molecule has 60 valence electrons. The molecule has 0 aliphatic carbocycles. The molecule has 0 aliphatic heterocycles. The van der Waals surface area contributed by atoms with Crippen molar-refractivity contribution in [1.29, 1.82) is 5.26 Å². The highest BCUT2D eigenvalue weighted by Gasteiger charge is 1.99. The van der Waals surface area contributed by atoms with Gasteiger partial charge < -0.3 is 4.42 Å². The third-order valence-corrected chi connectivity index (χ3v) is 1.34. The molecule has 0 saturated heterocycles. The molecule has 0 N–H and O–H groups in total. The molecule has 0 fully saturated rings. The van der Waals surface area contributed by atoms with Crippen LogP contribution >= 0.6 is 0 Å². The van der Waals surface area contributed by atoms with Gasteiger partial charge in [-0.1, -0.05) is 12.2 Å². The molecule has 0 unspecified atom stereocenters. The quantitative estimate of drug-likeness (QED) is 0.637. The molecule has 1 aromatic rings. The molecule has 1 heterocycles. The normalized spacial score (nSPS) is 9.92. The highest BCUT2D eigenvalue weighted by Crippen LogP contribution is 2.09. The second-order valence-electron chi connectivity index (χ2n) is 2.12. The second kappa shape index (κ2) is 4.14. The van der Waals surface area contributed by atoms with Crippen LogP contribution in [0.25, 0.3) is 6.08 Å². The Morgan fingerprint density at radius 2 is 2.50 bits per heavy atom. The van der Waals surface area contributed by atoms with Crippen molar-refractivity contribution >= 4 is 12.4 Å². The highest BCUT2D eigenvalue weighted by molar-refractivity contribution is 5.77. The maximum absolute atomic E-state index is 10.3. The molecular weight excluding hydrogens is 154 g/mol. The van der Waals surface area contributed by atoms with Crippen LogP contribution in [0.4, 0.5) is 0 Å². The van der Waals surface area contributed by atoms with Crippen molar-refractivity contribution < 1.29 is 9.21 Å². The van der Waals surface area contributed by atoms with Crippen molar-refractivity contribution in [2.45, 2.75) is 6.42 Å². The van der Waals surface area contributed by atoms with Crippen LogP contribution in [0.1, 0.15) is 22.5 Å². The van der Waals surface area contributed by atoms with Crippen LogP contribution < -0.4 is 0 Å². The van der Waals surface area contributed by atoms with Crippen molar-refractivity contribution in [3.8, 4) is 6.07 Å². The summed E-state index contributed by atoms with van der Waals surface area (Å²) < 4.78 is 4.84. The first-order chi connectivity index (χ1) is 5.88. The van der Waals surface area contributed by atoms with Gasteiger partial charge in [0.25, 0.3) is 0 Å². The molecule has 12 heavy (non-hydrogen) atoms. The molecule has 0 spiro atoms. The fraction of sp³-hybridized carbons (Fsp3) is 0.111. The molecule has 1 rings (SSSR count). The van der Waals surface area contributed by atoms with E-state index >= 15 is 0 Å². The zero-order chi connectivity index (χ0) is 8.81. The van der Waals surface area contributed by atoms with Gasteiger partial charge in [-0.05, 0) is 6.07 Å². The summed E-state index contributed by atoms with van der Waals surface area (Å²) in [5.74, 6) is 0.296. The molecule has 0 bridgehead atoms. The van der Waals surface area contributed by atoms with E-state index in [9.17, 15) is 4.79 Å². The van der Waals surface area contributed by atoms with E-state index in [0.29, 0.717) is 24.0 Å². The number of allylic oxidation sites excluding steroid dienone is 1. The van der Waals surface area contributed by atoms with E-state index in [0.717, 1.165) is 0 Å². The Hall–Kier alpha value is -1.82. The molecule has 0 saturated carbocycles. The summed E-state index contributed by atoms with van der Waals surface area (Å²) in [6, 6.07) is 3.64. The average Bonchev–Trinajstić information content (AvgIpc) is 2.52. The van der Waals surface area contributed by atoms with Crippen molar-refractivity contribution in [3.05, 3.63) is 29.7 Å². The molecule has 0 aromatic carbocycles. The first-order valence-electron chi connectivity index (χ1n) is 3.44. The third-order valence-electron chi connectivity index (χ3n) is 1.34. The van der Waals surface area contributed by atoms with Gasteiger partial charge in [0.1, 0.15) is 0 Å². The molecule has 0 amide bonds. The van der Waals surface area contributed by atoms with E-state index in [1.165, 1.54) is 6.26 Å². The van der Waals surface area contributed by atoms with Crippen molar-refractivity contribution in [3.63, 3.8) is 0 Å². The summed E-state index contributed by atoms with van der Waals surface area (Å²) in [4.78, 5) is 10.3. The molecule has 1 aromatic heterocycles. The first kappa shape index (κ1) is 8.28. The standard InChI is InChI=1S/C9H7NO2/c10-5-2-1-3-8-4-6-12-9(8)7-11/h1,3-4,6-7H,2H2. The van der Waals surface area contributed by atoms with Gasteiger partial charge in [-0.15, -0.1) is 0 Å². The van der Waals surface area contributed by atoms with Gasteiger partial charge in [0.05, 0.1) is 18.8 Å². The summed E-state index contributed by atoms with van der Waals surface area (Å²) in [6.07, 6.45) is 5.79. The minimum Gasteiger partial charge on any atom is -0.461 e. The number of carbonyl (C=O) groups is 1. The Morgan fingerprint density at radius 3 is 3.17 bits per heavy atom. The smallest absolute Gasteiger partial charge is 0.185 e. The van der Waals surface area contributed by atoms with Crippen LogP contribution in [0.2, 0.25) is 0 Å². The van der Waals surface area contributed by atoms with Crippen LogP contribution in [0, 0.1) is 11.3 Å². The summed E-state index contributed by atoms with van der Waals surface area (Å²) in [7, 11) is 0. The predicted molar refractivity (Wildman–Crippen MR) is 43.4 cm³/mol. The van der Waals surface area contributed by atoms with E-state index in [1.54, 1.807) is 18.2 Å². The zero-order valence-electron chi connectivity index (χ0n) is 6.36. The molecule has 3 heteroatoms. The SMILES string of the molecule is N#CCC=Cc1ccoc1C=O. The summed E-state index contributed by atoms with van der Waals surface area (Å²) in [5, 5.41) is 8.23.